The van der Waals surface area contributed by atoms with Gasteiger partial charge in [0.05, 0.1) is 5.92 Å². The molecule has 0 aromatic heterocycles. The van der Waals surface area contributed by atoms with Crippen LogP contribution in [0, 0.1) is 5.82 Å². The minimum Gasteiger partial charge on any atom is -1.00 e. The molecule has 0 radical (unpaired) electrons. The van der Waals surface area contributed by atoms with Crippen molar-refractivity contribution >= 4 is 5.71 Å². The quantitative estimate of drug-likeness (QED) is 0.684. The molecule has 1 unspecified atom stereocenters. The van der Waals surface area contributed by atoms with Gasteiger partial charge in [-0.15, -0.1) is 0 Å². The Morgan fingerprint density at radius 3 is 2.46 bits per heavy atom. The predicted molar refractivity (Wildman–Crippen MR) is 91.8 cm³/mol. The van der Waals surface area contributed by atoms with E-state index in [0.29, 0.717) is 5.92 Å². The van der Waals surface area contributed by atoms with Crippen molar-refractivity contribution in [2.75, 3.05) is 13.1 Å². The molecule has 3 heteroatoms. The van der Waals surface area contributed by atoms with Crippen molar-refractivity contribution in [1.82, 2.24) is 0 Å². The summed E-state index contributed by atoms with van der Waals surface area (Å²) in [6.45, 7) is 2.38. The zero-order valence-corrected chi connectivity index (χ0v) is 15.4. The number of aryl methyl sites for hydroxylation is 1. The van der Waals surface area contributed by atoms with Crippen LogP contribution in [0.1, 0.15) is 41.9 Å². The smallest absolute Gasteiger partial charge is 0.160 e. The highest BCUT2D eigenvalue weighted by atomic mass is 79.9. The van der Waals surface area contributed by atoms with Crippen LogP contribution in [0.5, 0.6) is 0 Å². The number of halogens is 2. The monoisotopic (exact) mass is 387 g/mol. The van der Waals surface area contributed by atoms with Crippen molar-refractivity contribution in [3.05, 3.63) is 71.0 Å². The summed E-state index contributed by atoms with van der Waals surface area (Å²) >= 11 is 0. The average Bonchev–Trinajstić information content (AvgIpc) is 3.10. The van der Waals surface area contributed by atoms with E-state index in [1.165, 1.54) is 42.6 Å². The molecule has 0 N–H and O–H groups in total. The summed E-state index contributed by atoms with van der Waals surface area (Å²) in [4.78, 5) is 0. The van der Waals surface area contributed by atoms with E-state index in [9.17, 15) is 4.39 Å². The van der Waals surface area contributed by atoms with Crippen LogP contribution in [0.25, 0.3) is 0 Å². The molecule has 1 aliphatic heterocycles. The SMILES string of the molecule is Fc1ccc2c(c1)CCC(=[N+]1CCCC1)C2Cc1ccccc1.[Br-]. The van der Waals surface area contributed by atoms with Gasteiger partial charge in [0.15, 0.2) is 5.71 Å². The fraction of sp³-hybridized carbons (Fsp3) is 0.381. The normalized spacial score (nSPS) is 19.8. The minimum absolute atomic E-state index is 0. The Kier molecular flexibility index (Phi) is 5.50. The van der Waals surface area contributed by atoms with Gasteiger partial charge in [-0.05, 0) is 41.7 Å². The highest BCUT2D eigenvalue weighted by molar-refractivity contribution is 5.89. The van der Waals surface area contributed by atoms with Gasteiger partial charge in [-0.1, -0.05) is 36.4 Å². The molecule has 1 saturated heterocycles. The molecule has 2 aromatic rings. The lowest BCUT2D eigenvalue weighted by molar-refractivity contribution is -0.509. The first-order chi connectivity index (χ1) is 11.3. The standard InChI is InChI=1S/C21H23FN.BrH/c22-18-9-10-19-17(15-18)8-11-21(23-12-4-5-13-23)20(19)14-16-6-2-1-3-7-16;/h1-3,6-7,9-10,15,20H,4-5,8,11-14H2;1H/q+1;/p-1. The van der Waals surface area contributed by atoms with E-state index in [1.807, 2.05) is 6.07 Å². The van der Waals surface area contributed by atoms with Crippen LogP contribution in [-0.4, -0.2) is 23.4 Å². The molecule has 0 amide bonds. The number of hydrogen-bond acceptors (Lipinski definition) is 0. The Bertz CT molecular complexity index is 731. The van der Waals surface area contributed by atoms with E-state index < -0.39 is 0 Å². The van der Waals surface area contributed by atoms with E-state index in [2.05, 4.69) is 34.9 Å². The lowest BCUT2D eigenvalue weighted by Crippen LogP contribution is -3.00. The van der Waals surface area contributed by atoms with Crippen molar-refractivity contribution in [3.8, 4) is 0 Å². The first-order valence-electron chi connectivity index (χ1n) is 8.74. The summed E-state index contributed by atoms with van der Waals surface area (Å²) in [5, 5.41) is 0. The van der Waals surface area contributed by atoms with Crippen LogP contribution in [0.15, 0.2) is 48.5 Å². The lowest BCUT2D eigenvalue weighted by Gasteiger charge is -2.26. The topological polar surface area (TPSA) is 3.01 Å². The first kappa shape index (κ1) is 17.3. The van der Waals surface area contributed by atoms with Crippen molar-refractivity contribution in [3.63, 3.8) is 0 Å². The molecule has 1 fully saturated rings. The summed E-state index contributed by atoms with van der Waals surface area (Å²) in [5.41, 5.74) is 5.48. The van der Waals surface area contributed by atoms with Gasteiger partial charge in [-0.25, -0.2) is 8.97 Å². The number of rotatable bonds is 2. The second-order valence-corrected chi connectivity index (χ2v) is 6.77. The van der Waals surface area contributed by atoms with Crippen LogP contribution in [0.2, 0.25) is 0 Å². The fourth-order valence-corrected chi connectivity index (χ4v) is 4.21. The molecule has 0 spiro atoms. The molecule has 1 heterocycles. The number of benzene rings is 2. The fourth-order valence-electron chi connectivity index (χ4n) is 4.21. The maximum absolute atomic E-state index is 13.6. The maximum atomic E-state index is 13.6. The van der Waals surface area contributed by atoms with Crippen molar-refractivity contribution < 1.29 is 25.9 Å². The van der Waals surface area contributed by atoms with Crippen molar-refractivity contribution in [2.24, 2.45) is 0 Å². The molecule has 1 aliphatic carbocycles. The Morgan fingerprint density at radius 2 is 1.71 bits per heavy atom. The van der Waals surface area contributed by atoms with E-state index in [0.717, 1.165) is 19.3 Å². The number of fused-ring (bicyclic) bond motifs is 1. The second kappa shape index (κ2) is 7.60. The lowest BCUT2D eigenvalue weighted by atomic mass is 9.78. The van der Waals surface area contributed by atoms with Gasteiger partial charge in [0.2, 0.25) is 0 Å². The molecule has 1 nitrogen and oxygen atoms in total. The molecule has 24 heavy (non-hydrogen) atoms. The number of nitrogens with zero attached hydrogens (tertiary/aromatic N) is 1. The van der Waals surface area contributed by atoms with E-state index in [4.69, 9.17) is 0 Å². The van der Waals surface area contributed by atoms with Gasteiger partial charge >= 0.3 is 0 Å². The third kappa shape index (κ3) is 3.46. The van der Waals surface area contributed by atoms with E-state index >= 15 is 0 Å². The van der Waals surface area contributed by atoms with E-state index in [-0.39, 0.29) is 22.8 Å². The molecule has 0 bridgehead atoms. The minimum atomic E-state index is -0.105. The van der Waals surface area contributed by atoms with Gasteiger partial charge in [-0.2, -0.15) is 0 Å². The van der Waals surface area contributed by atoms with Crippen LogP contribution in [0.3, 0.4) is 0 Å². The third-order valence-electron chi connectivity index (χ3n) is 5.33. The zero-order valence-electron chi connectivity index (χ0n) is 13.8. The summed E-state index contributed by atoms with van der Waals surface area (Å²) in [6, 6.07) is 16.1. The Balaban J connectivity index is 0.00000169. The van der Waals surface area contributed by atoms with Crippen molar-refractivity contribution in [2.45, 2.75) is 38.0 Å². The molecule has 1 atom stereocenters. The highest BCUT2D eigenvalue weighted by Gasteiger charge is 2.33. The zero-order chi connectivity index (χ0) is 15.6. The summed E-state index contributed by atoms with van der Waals surface area (Å²) in [7, 11) is 0. The molecular formula is C21H23BrFN. The molecule has 4 rings (SSSR count). The molecular weight excluding hydrogens is 365 g/mol. The van der Waals surface area contributed by atoms with Crippen LogP contribution in [0.4, 0.5) is 4.39 Å². The van der Waals surface area contributed by atoms with E-state index in [1.54, 1.807) is 17.8 Å². The average molecular weight is 388 g/mol. The van der Waals surface area contributed by atoms with Crippen molar-refractivity contribution in [1.29, 1.82) is 0 Å². The van der Waals surface area contributed by atoms with Gasteiger partial charge in [0.25, 0.3) is 0 Å². The van der Waals surface area contributed by atoms with Gasteiger partial charge in [-0.3, -0.25) is 0 Å². The Morgan fingerprint density at radius 1 is 0.958 bits per heavy atom. The summed E-state index contributed by atoms with van der Waals surface area (Å²) < 4.78 is 16.2. The Labute approximate surface area is 154 Å². The first-order valence-corrected chi connectivity index (χ1v) is 8.74. The summed E-state index contributed by atoms with van der Waals surface area (Å²) in [6.07, 6.45) is 5.68. The summed E-state index contributed by atoms with van der Waals surface area (Å²) in [5.74, 6) is 0.298. The van der Waals surface area contributed by atoms with Crippen LogP contribution < -0.4 is 17.0 Å². The van der Waals surface area contributed by atoms with Gasteiger partial charge in [0, 0.05) is 19.3 Å². The highest BCUT2D eigenvalue weighted by Crippen LogP contribution is 2.33. The molecule has 0 saturated carbocycles. The van der Waals surface area contributed by atoms with Gasteiger partial charge < -0.3 is 17.0 Å². The van der Waals surface area contributed by atoms with Crippen LogP contribution >= 0.6 is 0 Å². The van der Waals surface area contributed by atoms with Crippen LogP contribution in [-0.2, 0) is 12.8 Å². The molecule has 126 valence electrons. The third-order valence-corrected chi connectivity index (χ3v) is 5.33. The number of hydrogen-bond donors (Lipinski definition) is 0. The van der Waals surface area contributed by atoms with Gasteiger partial charge in [0.1, 0.15) is 18.9 Å². The maximum Gasteiger partial charge on any atom is 0.160 e. The molecule has 2 aromatic carbocycles. The predicted octanol–water partition coefficient (Wildman–Crippen LogP) is 1.35. The second-order valence-electron chi connectivity index (χ2n) is 6.77. The Hall–Kier alpha value is -1.48. The molecule has 2 aliphatic rings. The largest absolute Gasteiger partial charge is 1.00 e.